The van der Waals surface area contributed by atoms with E-state index >= 15 is 0 Å². The molecule has 0 aliphatic heterocycles. The molecule has 0 N–H and O–H groups in total. The van der Waals surface area contributed by atoms with Crippen LogP contribution in [0.3, 0.4) is 0 Å². The van der Waals surface area contributed by atoms with Gasteiger partial charge in [-0.1, -0.05) is 18.5 Å². The molecule has 0 atom stereocenters. The van der Waals surface area contributed by atoms with E-state index in [2.05, 4.69) is 4.98 Å². The third-order valence-electron chi connectivity index (χ3n) is 3.50. The van der Waals surface area contributed by atoms with Gasteiger partial charge in [0.15, 0.2) is 0 Å². The Morgan fingerprint density at radius 3 is 2.70 bits per heavy atom. The number of hydrogen-bond donors (Lipinski definition) is 0. The second-order valence-corrected chi connectivity index (χ2v) is 7.21. The van der Waals surface area contributed by atoms with Gasteiger partial charge in [-0.3, -0.25) is 0 Å². The molecule has 0 amide bonds. The Labute approximate surface area is 123 Å². The molecule has 0 radical (unpaired) electrons. The fourth-order valence-electron chi connectivity index (χ4n) is 2.36. The fraction of sp³-hybridized carbons (Fsp3) is 0.357. The predicted molar refractivity (Wildman–Crippen MR) is 79.3 cm³/mol. The molecule has 0 spiro atoms. The van der Waals surface area contributed by atoms with Crippen LogP contribution in [0.4, 0.5) is 0 Å². The van der Waals surface area contributed by atoms with Crippen LogP contribution >= 0.6 is 11.6 Å². The maximum atomic E-state index is 12.6. The van der Waals surface area contributed by atoms with Crippen molar-refractivity contribution >= 4 is 32.5 Å². The second kappa shape index (κ2) is 4.98. The zero-order valence-corrected chi connectivity index (χ0v) is 12.7. The zero-order chi connectivity index (χ0) is 14.3. The summed E-state index contributed by atoms with van der Waals surface area (Å²) in [6.45, 7) is 2.38. The summed E-state index contributed by atoms with van der Waals surface area (Å²) in [6.07, 6.45) is 1.91. The van der Waals surface area contributed by atoms with E-state index in [0.29, 0.717) is 22.1 Å². The van der Waals surface area contributed by atoms with Crippen molar-refractivity contribution in [3.63, 3.8) is 0 Å². The van der Waals surface area contributed by atoms with Gasteiger partial charge < -0.3 is 0 Å². The van der Waals surface area contributed by atoms with Crippen molar-refractivity contribution in [3.8, 4) is 0 Å². The summed E-state index contributed by atoms with van der Waals surface area (Å²) in [4.78, 5) is 4.49. The molecule has 20 heavy (non-hydrogen) atoms. The van der Waals surface area contributed by atoms with Gasteiger partial charge in [-0.05, 0) is 43.2 Å². The Kier molecular flexibility index (Phi) is 3.44. The minimum atomic E-state index is -3.42. The molecule has 1 saturated carbocycles. The van der Waals surface area contributed by atoms with Crippen LogP contribution in [0.1, 0.15) is 19.8 Å². The maximum Gasteiger partial charge on any atom is 0.243 e. The van der Waals surface area contributed by atoms with Gasteiger partial charge in [-0.15, -0.1) is 0 Å². The van der Waals surface area contributed by atoms with Gasteiger partial charge in [0, 0.05) is 18.0 Å². The van der Waals surface area contributed by atoms with Crippen LogP contribution in [0.25, 0.3) is 10.9 Å². The van der Waals surface area contributed by atoms with Gasteiger partial charge >= 0.3 is 0 Å². The number of sulfonamides is 1. The molecule has 0 unspecified atom stereocenters. The van der Waals surface area contributed by atoms with E-state index in [0.717, 1.165) is 18.2 Å². The molecule has 1 aromatic carbocycles. The first-order valence-electron chi connectivity index (χ1n) is 6.60. The number of pyridine rings is 1. The lowest BCUT2D eigenvalue weighted by Gasteiger charge is -2.20. The van der Waals surface area contributed by atoms with Crippen LogP contribution in [0.15, 0.2) is 35.2 Å². The Morgan fingerprint density at radius 2 is 2.05 bits per heavy atom. The van der Waals surface area contributed by atoms with Crippen LogP contribution in [0, 0.1) is 0 Å². The molecule has 1 aliphatic carbocycles. The molecular weight excluding hydrogens is 296 g/mol. The number of halogens is 1. The number of fused-ring (bicyclic) bond motifs is 1. The van der Waals surface area contributed by atoms with Gasteiger partial charge in [-0.2, -0.15) is 4.31 Å². The fourth-order valence-corrected chi connectivity index (χ4v) is 4.25. The van der Waals surface area contributed by atoms with E-state index in [4.69, 9.17) is 11.6 Å². The summed E-state index contributed by atoms with van der Waals surface area (Å²) >= 11 is 5.83. The van der Waals surface area contributed by atoms with E-state index < -0.39 is 10.0 Å². The van der Waals surface area contributed by atoms with Crippen molar-refractivity contribution in [2.24, 2.45) is 0 Å². The molecule has 1 aliphatic rings. The van der Waals surface area contributed by atoms with Crippen molar-refractivity contribution < 1.29 is 8.42 Å². The largest absolute Gasteiger partial charge is 0.243 e. The lowest BCUT2D eigenvalue weighted by atomic mass is 10.2. The number of benzene rings is 1. The molecule has 0 saturated heterocycles. The van der Waals surface area contributed by atoms with Crippen molar-refractivity contribution in [1.29, 1.82) is 0 Å². The normalized spacial score (nSPS) is 15.9. The molecule has 2 aromatic rings. The maximum absolute atomic E-state index is 12.6. The lowest BCUT2D eigenvalue weighted by Crippen LogP contribution is -2.32. The van der Waals surface area contributed by atoms with Gasteiger partial charge in [0.2, 0.25) is 10.0 Å². The van der Waals surface area contributed by atoms with Crippen LogP contribution in [-0.4, -0.2) is 30.3 Å². The molecule has 0 bridgehead atoms. The summed E-state index contributed by atoms with van der Waals surface area (Å²) in [7, 11) is -3.42. The minimum Gasteiger partial charge on any atom is -0.236 e. The van der Waals surface area contributed by atoms with E-state index in [1.165, 1.54) is 0 Å². The van der Waals surface area contributed by atoms with Crippen LogP contribution < -0.4 is 0 Å². The van der Waals surface area contributed by atoms with E-state index in [1.807, 2.05) is 6.92 Å². The van der Waals surface area contributed by atoms with Crippen molar-refractivity contribution in [1.82, 2.24) is 9.29 Å². The van der Waals surface area contributed by atoms with E-state index in [9.17, 15) is 8.42 Å². The Balaban J connectivity index is 2.07. The smallest absolute Gasteiger partial charge is 0.236 e. The molecule has 6 heteroatoms. The molecule has 106 valence electrons. The minimum absolute atomic E-state index is 0.170. The van der Waals surface area contributed by atoms with Gasteiger partial charge in [0.1, 0.15) is 5.15 Å². The average Bonchev–Trinajstić information content (AvgIpc) is 3.23. The highest BCUT2D eigenvalue weighted by atomic mass is 35.5. The molecular formula is C14H15ClN2O2S. The lowest BCUT2D eigenvalue weighted by molar-refractivity contribution is 0.421. The Hall–Kier alpha value is -1.17. The summed E-state index contributed by atoms with van der Waals surface area (Å²) in [5.41, 5.74) is 0.700. The van der Waals surface area contributed by atoms with Crippen LogP contribution in [-0.2, 0) is 10.0 Å². The average molecular weight is 311 g/mol. The first-order valence-corrected chi connectivity index (χ1v) is 8.42. The van der Waals surface area contributed by atoms with Crippen LogP contribution in [0.2, 0.25) is 5.15 Å². The Bertz CT molecular complexity index is 757. The number of aromatic nitrogens is 1. The molecule has 1 heterocycles. The van der Waals surface area contributed by atoms with Crippen LogP contribution in [0.5, 0.6) is 0 Å². The molecule has 4 nitrogen and oxygen atoms in total. The quantitative estimate of drug-likeness (QED) is 0.816. The standard InChI is InChI=1S/C14H15ClN2O2S/c1-2-17(11-4-5-11)20(18,19)12-6-7-13-10(9-12)3-8-14(15)16-13/h3,6-9,11H,2,4-5H2,1H3. The van der Waals surface area contributed by atoms with Crippen molar-refractivity contribution in [3.05, 3.63) is 35.5 Å². The highest BCUT2D eigenvalue weighted by Gasteiger charge is 2.36. The number of hydrogen-bond acceptors (Lipinski definition) is 3. The molecule has 1 aromatic heterocycles. The SMILES string of the molecule is CCN(C1CC1)S(=O)(=O)c1ccc2nc(Cl)ccc2c1. The topological polar surface area (TPSA) is 50.3 Å². The summed E-state index contributed by atoms with van der Waals surface area (Å²) in [5, 5.41) is 1.18. The summed E-state index contributed by atoms with van der Waals surface area (Å²) in [6, 6.07) is 8.60. The van der Waals surface area contributed by atoms with Gasteiger partial charge in [-0.25, -0.2) is 13.4 Å². The van der Waals surface area contributed by atoms with Crippen molar-refractivity contribution in [2.75, 3.05) is 6.54 Å². The van der Waals surface area contributed by atoms with Gasteiger partial charge in [0.25, 0.3) is 0 Å². The summed E-state index contributed by atoms with van der Waals surface area (Å²) < 4.78 is 26.9. The Morgan fingerprint density at radius 1 is 1.30 bits per heavy atom. The highest BCUT2D eigenvalue weighted by Crippen LogP contribution is 2.32. The first kappa shape index (κ1) is 13.8. The van der Waals surface area contributed by atoms with E-state index in [1.54, 1.807) is 34.6 Å². The third kappa shape index (κ3) is 2.41. The predicted octanol–water partition coefficient (Wildman–Crippen LogP) is 3.06. The third-order valence-corrected chi connectivity index (χ3v) is 5.73. The second-order valence-electron chi connectivity index (χ2n) is 4.93. The van der Waals surface area contributed by atoms with E-state index in [-0.39, 0.29) is 6.04 Å². The van der Waals surface area contributed by atoms with Gasteiger partial charge in [0.05, 0.1) is 10.4 Å². The monoisotopic (exact) mass is 310 g/mol. The number of rotatable bonds is 4. The zero-order valence-electron chi connectivity index (χ0n) is 11.1. The first-order chi connectivity index (χ1) is 9.52. The highest BCUT2D eigenvalue weighted by molar-refractivity contribution is 7.89. The summed E-state index contributed by atoms with van der Waals surface area (Å²) in [5.74, 6) is 0. The number of nitrogens with zero attached hydrogens (tertiary/aromatic N) is 2. The molecule has 3 rings (SSSR count). The molecule has 1 fully saturated rings. The van der Waals surface area contributed by atoms with Crippen molar-refractivity contribution in [2.45, 2.75) is 30.7 Å².